The summed E-state index contributed by atoms with van der Waals surface area (Å²) in [7, 11) is 10.2. The topological polar surface area (TPSA) is 73.2 Å². The molecule has 0 N–H and O–H groups in total. The van der Waals surface area contributed by atoms with Crippen molar-refractivity contribution >= 4 is 0 Å². The SMILES string of the molecule is COc1ccc(C(C)N(C)CCCC(C#N)(c2ccc(OC)c(OC)c2OC)C(C)C)c(OC)c1. The van der Waals surface area contributed by atoms with Crippen LogP contribution in [0.4, 0.5) is 0 Å². The minimum Gasteiger partial charge on any atom is -0.497 e. The van der Waals surface area contributed by atoms with Gasteiger partial charge in [-0.3, -0.25) is 4.90 Å². The fourth-order valence-corrected chi connectivity index (χ4v) is 4.63. The lowest BCUT2D eigenvalue weighted by Gasteiger charge is -2.34. The molecule has 2 rings (SSSR count). The largest absolute Gasteiger partial charge is 0.497 e. The Morgan fingerprint density at radius 2 is 1.51 bits per heavy atom. The molecule has 7 nitrogen and oxygen atoms in total. The number of methoxy groups -OCH3 is 5. The summed E-state index contributed by atoms with van der Waals surface area (Å²) in [4.78, 5) is 2.28. The van der Waals surface area contributed by atoms with Gasteiger partial charge in [0, 0.05) is 23.2 Å². The second kappa shape index (κ2) is 12.6. The molecule has 192 valence electrons. The number of ether oxygens (including phenoxy) is 5. The molecule has 2 unspecified atom stereocenters. The van der Waals surface area contributed by atoms with Crippen molar-refractivity contribution in [3.63, 3.8) is 0 Å². The minimum atomic E-state index is -0.743. The van der Waals surface area contributed by atoms with Crippen molar-refractivity contribution in [2.75, 3.05) is 49.1 Å². The van der Waals surface area contributed by atoms with Crippen LogP contribution in [0.2, 0.25) is 0 Å². The number of nitrogens with zero attached hydrogens (tertiary/aromatic N) is 2. The average molecular weight is 485 g/mol. The zero-order valence-electron chi connectivity index (χ0n) is 22.6. The number of hydrogen-bond donors (Lipinski definition) is 0. The second-order valence-corrected chi connectivity index (χ2v) is 8.99. The molecule has 0 amide bonds. The lowest BCUT2D eigenvalue weighted by Crippen LogP contribution is -2.33. The highest BCUT2D eigenvalue weighted by atomic mass is 16.5. The van der Waals surface area contributed by atoms with Gasteiger partial charge in [-0.1, -0.05) is 19.9 Å². The predicted molar refractivity (Wildman–Crippen MR) is 138 cm³/mol. The Hall–Kier alpha value is -3.11. The van der Waals surface area contributed by atoms with Crippen molar-refractivity contribution in [1.82, 2.24) is 4.90 Å². The summed E-state index contributed by atoms with van der Waals surface area (Å²) in [5.41, 5.74) is 1.17. The van der Waals surface area contributed by atoms with E-state index in [9.17, 15) is 5.26 Å². The van der Waals surface area contributed by atoms with Gasteiger partial charge in [0.2, 0.25) is 5.75 Å². The Labute approximate surface area is 210 Å². The van der Waals surface area contributed by atoms with Gasteiger partial charge in [-0.2, -0.15) is 5.26 Å². The van der Waals surface area contributed by atoms with E-state index < -0.39 is 5.41 Å². The Morgan fingerprint density at radius 3 is 2.03 bits per heavy atom. The van der Waals surface area contributed by atoms with Crippen LogP contribution in [0.1, 0.15) is 50.8 Å². The molecule has 0 aliphatic rings. The highest BCUT2D eigenvalue weighted by Gasteiger charge is 2.40. The second-order valence-electron chi connectivity index (χ2n) is 8.99. The van der Waals surface area contributed by atoms with Crippen LogP contribution in [0.5, 0.6) is 28.7 Å². The first-order chi connectivity index (χ1) is 16.7. The first kappa shape index (κ1) is 28.1. The molecular formula is C28H40N2O5. The van der Waals surface area contributed by atoms with Crippen LogP contribution in [0.15, 0.2) is 30.3 Å². The van der Waals surface area contributed by atoms with Crippen LogP contribution < -0.4 is 23.7 Å². The molecule has 0 radical (unpaired) electrons. The van der Waals surface area contributed by atoms with Gasteiger partial charge in [-0.25, -0.2) is 0 Å². The smallest absolute Gasteiger partial charge is 0.203 e. The summed E-state index contributed by atoms with van der Waals surface area (Å²) in [5, 5.41) is 10.5. The van der Waals surface area contributed by atoms with E-state index in [0.717, 1.165) is 35.6 Å². The highest BCUT2D eigenvalue weighted by molar-refractivity contribution is 5.59. The maximum Gasteiger partial charge on any atom is 0.203 e. The molecule has 0 saturated heterocycles. The predicted octanol–water partition coefficient (Wildman–Crippen LogP) is 5.62. The quantitative estimate of drug-likeness (QED) is 0.365. The molecule has 2 atom stereocenters. The third-order valence-electron chi connectivity index (χ3n) is 7.00. The van der Waals surface area contributed by atoms with Crippen molar-refractivity contribution < 1.29 is 23.7 Å². The Bertz CT molecular complexity index is 1020. The molecule has 0 heterocycles. The molecule has 0 aliphatic carbocycles. The van der Waals surface area contributed by atoms with E-state index in [2.05, 4.69) is 38.8 Å². The molecule has 0 aliphatic heterocycles. The van der Waals surface area contributed by atoms with E-state index in [1.165, 1.54) is 0 Å². The number of nitriles is 1. The van der Waals surface area contributed by atoms with Crippen LogP contribution in [0.25, 0.3) is 0 Å². The van der Waals surface area contributed by atoms with Crippen LogP contribution in [0.3, 0.4) is 0 Å². The molecule has 2 aromatic rings. The van der Waals surface area contributed by atoms with E-state index in [4.69, 9.17) is 23.7 Å². The van der Waals surface area contributed by atoms with Crippen molar-refractivity contribution in [2.24, 2.45) is 5.92 Å². The van der Waals surface area contributed by atoms with Crippen molar-refractivity contribution in [1.29, 1.82) is 5.26 Å². The van der Waals surface area contributed by atoms with Gasteiger partial charge in [-0.05, 0) is 57.5 Å². The molecule has 35 heavy (non-hydrogen) atoms. The number of rotatable bonds is 13. The van der Waals surface area contributed by atoms with Crippen LogP contribution in [0, 0.1) is 17.2 Å². The number of hydrogen-bond acceptors (Lipinski definition) is 7. The van der Waals surface area contributed by atoms with Gasteiger partial charge in [0.15, 0.2) is 11.5 Å². The zero-order valence-corrected chi connectivity index (χ0v) is 22.6. The number of benzene rings is 2. The average Bonchev–Trinajstić information content (AvgIpc) is 2.88. The highest BCUT2D eigenvalue weighted by Crippen LogP contribution is 2.48. The monoisotopic (exact) mass is 484 g/mol. The zero-order chi connectivity index (χ0) is 26.2. The van der Waals surface area contributed by atoms with Crippen molar-refractivity contribution in [3.05, 3.63) is 41.5 Å². The van der Waals surface area contributed by atoms with E-state index in [1.807, 2.05) is 30.3 Å². The molecule has 0 fully saturated rings. The summed E-state index contributed by atoms with van der Waals surface area (Å²) < 4.78 is 27.7. The molecule has 7 heteroatoms. The fourth-order valence-electron chi connectivity index (χ4n) is 4.63. The molecule has 0 aromatic heterocycles. The Kier molecular flexibility index (Phi) is 10.1. The van der Waals surface area contributed by atoms with E-state index in [-0.39, 0.29) is 12.0 Å². The lowest BCUT2D eigenvalue weighted by molar-refractivity contribution is 0.234. The van der Waals surface area contributed by atoms with Gasteiger partial charge >= 0.3 is 0 Å². The molecular weight excluding hydrogens is 444 g/mol. The normalized spacial score (nSPS) is 13.7. The lowest BCUT2D eigenvalue weighted by atomic mass is 9.69. The summed E-state index contributed by atoms with van der Waals surface area (Å²) in [6, 6.07) is 12.4. The van der Waals surface area contributed by atoms with E-state index in [0.29, 0.717) is 23.7 Å². The first-order valence-corrected chi connectivity index (χ1v) is 11.9. The maximum atomic E-state index is 10.5. The minimum absolute atomic E-state index is 0.0592. The van der Waals surface area contributed by atoms with Crippen LogP contribution in [-0.4, -0.2) is 54.0 Å². The summed E-state index contributed by atoms with van der Waals surface area (Å²) in [6.07, 6.45) is 1.49. The Morgan fingerprint density at radius 1 is 0.857 bits per heavy atom. The van der Waals surface area contributed by atoms with E-state index >= 15 is 0 Å². The van der Waals surface area contributed by atoms with Gasteiger partial charge in [0.1, 0.15) is 11.5 Å². The third-order valence-corrected chi connectivity index (χ3v) is 7.00. The van der Waals surface area contributed by atoms with Gasteiger partial charge in [0.05, 0.1) is 47.0 Å². The summed E-state index contributed by atoms with van der Waals surface area (Å²) >= 11 is 0. The summed E-state index contributed by atoms with van der Waals surface area (Å²) in [6.45, 7) is 7.12. The Balaban J connectivity index is 2.29. The molecule has 0 bridgehead atoms. The molecule has 0 saturated carbocycles. The standard InChI is InChI=1S/C28H40N2O5/c1-19(2)28(18-29,23-13-14-24(32-6)27(35-9)26(23)34-8)15-10-16-30(4)20(3)22-12-11-21(31-5)17-25(22)33-7/h11-14,17,19-20H,10,15-16H2,1-9H3. The van der Waals surface area contributed by atoms with Crippen LogP contribution >= 0.6 is 0 Å². The maximum absolute atomic E-state index is 10.5. The van der Waals surface area contributed by atoms with Gasteiger partial charge in [0.25, 0.3) is 0 Å². The third kappa shape index (κ3) is 5.76. The fraction of sp³-hybridized carbons (Fsp3) is 0.536. The molecule has 2 aromatic carbocycles. The first-order valence-electron chi connectivity index (χ1n) is 11.9. The molecule has 0 spiro atoms. The van der Waals surface area contributed by atoms with Crippen molar-refractivity contribution in [2.45, 2.75) is 45.1 Å². The van der Waals surface area contributed by atoms with Gasteiger partial charge in [-0.15, -0.1) is 0 Å². The summed E-state index contributed by atoms with van der Waals surface area (Å²) in [5.74, 6) is 3.25. The van der Waals surface area contributed by atoms with E-state index in [1.54, 1.807) is 35.5 Å². The van der Waals surface area contributed by atoms with Crippen molar-refractivity contribution in [3.8, 4) is 34.8 Å². The van der Waals surface area contributed by atoms with Crippen LogP contribution in [-0.2, 0) is 5.41 Å². The van der Waals surface area contributed by atoms with Gasteiger partial charge < -0.3 is 23.7 Å².